The van der Waals surface area contributed by atoms with Gasteiger partial charge in [-0.2, -0.15) is 0 Å². The highest BCUT2D eigenvalue weighted by atomic mass is 35.5. The lowest BCUT2D eigenvalue weighted by Gasteiger charge is -1.99. The van der Waals surface area contributed by atoms with E-state index in [1.165, 1.54) is 36.5 Å². The highest BCUT2D eigenvalue weighted by Crippen LogP contribution is 2.17. The van der Waals surface area contributed by atoms with Crippen LogP contribution in [0.4, 0.5) is 0 Å². The molecule has 0 aliphatic rings. The fraction of sp³-hybridized carbons (Fsp3) is 0. The van der Waals surface area contributed by atoms with Crippen LogP contribution in [0.1, 0.15) is 5.56 Å². The van der Waals surface area contributed by atoms with Gasteiger partial charge >= 0.3 is 0 Å². The minimum absolute atomic E-state index is 0.190. The standard InChI is InChI=1S/C13H9Cl2NO2S/c14-11-2-4-12(5-3-11)19(17,18)8-7-10-1-6-13(15)16-9-10/h1-9H/b8-7+. The Balaban J connectivity index is 2.26. The topological polar surface area (TPSA) is 47.0 Å². The van der Waals surface area contributed by atoms with Crippen molar-refractivity contribution in [2.24, 2.45) is 0 Å². The molecule has 19 heavy (non-hydrogen) atoms. The van der Waals surface area contributed by atoms with Crippen molar-refractivity contribution >= 4 is 39.1 Å². The van der Waals surface area contributed by atoms with Crippen LogP contribution in [-0.2, 0) is 9.84 Å². The molecule has 0 aliphatic heterocycles. The van der Waals surface area contributed by atoms with Crippen molar-refractivity contribution in [3.05, 3.63) is 63.7 Å². The van der Waals surface area contributed by atoms with Crippen LogP contribution in [-0.4, -0.2) is 13.4 Å². The van der Waals surface area contributed by atoms with Crippen molar-refractivity contribution in [3.63, 3.8) is 0 Å². The first-order valence-corrected chi connectivity index (χ1v) is 7.58. The van der Waals surface area contributed by atoms with E-state index in [9.17, 15) is 8.42 Å². The molecule has 2 rings (SSSR count). The molecule has 0 radical (unpaired) electrons. The number of benzene rings is 1. The van der Waals surface area contributed by atoms with E-state index < -0.39 is 9.84 Å². The van der Waals surface area contributed by atoms with Gasteiger partial charge in [-0.05, 0) is 42.0 Å². The number of sulfone groups is 1. The summed E-state index contributed by atoms with van der Waals surface area (Å²) in [5, 5.41) is 1.98. The third kappa shape index (κ3) is 3.80. The second kappa shape index (κ2) is 5.74. The van der Waals surface area contributed by atoms with Gasteiger partial charge in [0, 0.05) is 16.6 Å². The van der Waals surface area contributed by atoms with Crippen LogP contribution in [0.3, 0.4) is 0 Å². The van der Waals surface area contributed by atoms with Gasteiger partial charge in [0.25, 0.3) is 0 Å². The average molecular weight is 314 g/mol. The number of nitrogens with zero attached hydrogens (tertiary/aromatic N) is 1. The Hall–Kier alpha value is -1.36. The summed E-state index contributed by atoms with van der Waals surface area (Å²) in [5.74, 6) is 0. The number of pyridine rings is 1. The molecule has 0 spiro atoms. The van der Waals surface area contributed by atoms with Crippen LogP contribution in [0.15, 0.2) is 52.9 Å². The van der Waals surface area contributed by atoms with E-state index in [0.29, 0.717) is 15.7 Å². The lowest BCUT2D eigenvalue weighted by Crippen LogP contribution is -1.95. The molecule has 3 nitrogen and oxygen atoms in total. The molecule has 2 aromatic rings. The van der Waals surface area contributed by atoms with Gasteiger partial charge in [-0.3, -0.25) is 0 Å². The SMILES string of the molecule is O=S(=O)(/C=C/c1ccc(Cl)nc1)c1ccc(Cl)cc1. The molecule has 0 saturated heterocycles. The van der Waals surface area contributed by atoms with Crippen molar-refractivity contribution in [2.75, 3.05) is 0 Å². The van der Waals surface area contributed by atoms with Crippen LogP contribution in [0.25, 0.3) is 6.08 Å². The van der Waals surface area contributed by atoms with Gasteiger partial charge in [-0.25, -0.2) is 13.4 Å². The minimum Gasteiger partial charge on any atom is -0.244 e. The Bertz CT molecular complexity index is 692. The second-order valence-corrected chi connectivity index (χ2v) is 6.37. The molecular weight excluding hydrogens is 305 g/mol. The molecule has 0 unspecified atom stereocenters. The van der Waals surface area contributed by atoms with Crippen LogP contribution >= 0.6 is 23.2 Å². The quantitative estimate of drug-likeness (QED) is 0.809. The Morgan fingerprint density at radius 1 is 1.00 bits per heavy atom. The summed E-state index contributed by atoms with van der Waals surface area (Å²) >= 11 is 11.4. The number of halogens is 2. The third-order valence-corrected chi connectivity index (χ3v) is 4.23. The van der Waals surface area contributed by atoms with Crippen molar-refractivity contribution in [3.8, 4) is 0 Å². The lowest BCUT2D eigenvalue weighted by atomic mass is 10.3. The summed E-state index contributed by atoms with van der Waals surface area (Å²) in [6, 6.07) is 9.27. The van der Waals surface area contributed by atoms with Crippen molar-refractivity contribution in [1.82, 2.24) is 4.98 Å². The summed E-state index contributed by atoms with van der Waals surface area (Å²) in [6.07, 6.45) is 2.96. The molecule has 0 N–H and O–H groups in total. The number of aromatic nitrogens is 1. The molecule has 6 heteroatoms. The predicted octanol–water partition coefficient (Wildman–Crippen LogP) is 3.83. The summed E-state index contributed by atoms with van der Waals surface area (Å²) < 4.78 is 24.0. The molecule has 0 fully saturated rings. The minimum atomic E-state index is -3.49. The first kappa shape index (κ1) is 14.1. The largest absolute Gasteiger partial charge is 0.244 e. The Labute approximate surface area is 121 Å². The summed E-state index contributed by atoms with van der Waals surface area (Å²) in [5.41, 5.74) is 0.655. The van der Waals surface area contributed by atoms with Crippen LogP contribution < -0.4 is 0 Å². The van der Waals surface area contributed by atoms with Crippen molar-refractivity contribution < 1.29 is 8.42 Å². The zero-order valence-corrected chi connectivity index (χ0v) is 12.0. The molecule has 98 valence electrons. The van der Waals surface area contributed by atoms with Crippen LogP contribution in [0.2, 0.25) is 10.2 Å². The molecule has 0 saturated carbocycles. The van der Waals surface area contributed by atoms with Gasteiger partial charge in [0.15, 0.2) is 9.84 Å². The summed E-state index contributed by atoms with van der Waals surface area (Å²) in [7, 11) is -3.49. The lowest BCUT2D eigenvalue weighted by molar-refractivity contribution is 0.605. The predicted molar refractivity (Wildman–Crippen MR) is 76.9 cm³/mol. The van der Waals surface area contributed by atoms with E-state index >= 15 is 0 Å². The molecule has 0 atom stereocenters. The van der Waals surface area contributed by atoms with Gasteiger partial charge in [-0.1, -0.05) is 29.3 Å². The van der Waals surface area contributed by atoms with Gasteiger partial charge < -0.3 is 0 Å². The Kier molecular flexibility index (Phi) is 4.24. The van der Waals surface area contributed by atoms with E-state index in [2.05, 4.69) is 4.98 Å². The highest BCUT2D eigenvalue weighted by Gasteiger charge is 2.09. The molecular formula is C13H9Cl2NO2S. The molecule has 1 aromatic carbocycles. The Morgan fingerprint density at radius 3 is 2.26 bits per heavy atom. The maximum atomic E-state index is 12.0. The molecule has 0 bridgehead atoms. The molecule has 0 aliphatic carbocycles. The maximum absolute atomic E-state index is 12.0. The van der Waals surface area contributed by atoms with Crippen LogP contribution in [0, 0.1) is 0 Å². The molecule has 1 aromatic heterocycles. The van der Waals surface area contributed by atoms with Crippen molar-refractivity contribution in [2.45, 2.75) is 4.90 Å². The smallest absolute Gasteiger partial charge is 0.199 e. The van der Waals surface area contributed by atoms with E-state index in [4.69, 9.17) is 23.2 Å². The normalized spacial score (nSPS) is 11.9. The number of hydrogen-bond acceptors (Lipinski definition) is 3. The second-order valence-electron chi connectivity index (χ2n) is 3.72. The fourth-order valence-corrected chi connectivity index (χ4v) is 2.60. The average Bonchev–Trinajstić information content (AvgIpc) is 2.39. The first-order valence-electron chi connectivity index (χ1n) is 5.28. The monoisotopic (exact) mass is 313 g/mol. The zero-order chi connectivity index (χ0) is 13.9. The Morgan fingerprint density at radius 2 is 1.68 bits per heavy atom. The maximum Gasteiger partial charge on any atom is 0.199 e. The van der Waals surface area contributed by atoms with E-state index in [-0.39, 0.29) is 4.90 Å². The molecule has 0 amide bonds. The molecule has 1 heterocycles. The van der Waals surface area contributed by atoms with E-state index in [1.54, 1.807) is 12.1 Å². The number of rotatable bonds is 3. The number of hydrogen-bond donors (Lipinski definition) is 0. The van der Waals surface area contributed by atoms with Gasteiger partial charge in [-0.15, -0.1) is 0 Å². The van der Waals surface area contributed by atoms with E-state index in [0.717, 1.165) is 5.41 Å². The zero-order valence-electron chi connectivity index (χ0n) is 9.62. The first-order chi connectivity index (χ1) is 8.97. The van der Waals surface area contributed by atoms with Gasteiger partial charge in [0.05, 0.1) is 4.90 Å². The van der Waals surface area contributed by atoms with Gasteiger partial charge in [0.1, 0.15) is 5.15 Å². The third-order valence-electron chi connectivity index (χ3n) is 2.33. The van der Waals surface area contributed by atoms with E-state index in [1.807, 2.05) is 0 Å². The highest BCUT2D eigenvalue weighted by molar-refractivity contribution is 7.94. The van der Waals surface area contributed by atoms with Gasteiger partial charge in [0.2, 0.25) is 0 Å². The fourth-order valence-electron chi connectivity index (χ4n) is 1.36. The van der Waals surface area contributed by atoms with Crippen molar-refractivity contribution in [1.29, 1.82) is 0 Å². The van der Waals surface area contributed by atoms with Crippen LogP contribution in [0.5, 0.6) is 0 Å². The summed E-state index contributed by atoms with van der Waals surface area (Å²) in [4.78, 5) is 4.06. The summed E-state index contributed by atoms with van der Waals surface area (Å²) in [6.45, 7) is 0.